The fourth-order valence-corrected chi connectivity index (χ4v) is 3.24. The van der Waals surface area contributed by atoms with Gasteiger partial charge in [0.1, 0.15) is 0 Å². The Hall–Kier alpha value is -2.16. The third kappa shape index (κ3) is 2.89. The lowest BCUT2D eigenvalue weighted by molar-refractivity contribution is -0.109. The van der Waals surface area contributed by atoms with Gasteiger partial charge in [-0.3, -0.25) is 9.78 Å². The third-order valence-electron chi connectivity index (χ3n) is 4.80. The van der Waals surface area contributed by atoms with E-state index in [4.69, 9.17) is 4.98 Å². The van der Waals surface area contributed by atoms with Gasteiger partial charge < -0.3 is 5.32 Å². The summed E-state index contributed by atoms with van der Waals surface area (Å²) in [6.45, 7) is 4.98. The molecule has 0 spiro atoms. The van der Waals surface area contributed by atoms with Crippen LogP contribution in [-0.4, -0.2) is 11.4 Å². The summed E-state index contributed by atoms with van der Waals surface area (Å²) < 4.78 is 0. The number of nitrogens with zero attached hydrogens (tertiary/aromatic N) is 1. The van der Waals surface area contributed by atoms with E-state index in [2.05, 4.69) is 43.4 Å². The molecule has 3 heterocycles. The van der Waals surface area contributed by atoms with Crippen LogP contribution in [0.3, 0.4) is 0 Å². The number of amides is 1. The predicted octanol–water partition coefficient (Wildman–Crippen LogP) is 2.83. The fraction of sp³-hybridized carbons (Fsp3) is 0.368. The van der Waals surface area contributed by atoms with E-state index in [0.717, 1.165) is 43.5 Å². The second kappa shape index (κ2) is 6.30. The average molecular weight is 294 g/mol. The summed E-state index contributed by atoms with van der Waals surface area (Å²) in [5.74, 6) is 0. The van der Waals surface area contributed by atoms with Crippen LogP contribution in [0.2, 0.25) is 0 Å². The van der Waals surface area contributed by atoms with Crippen LogP contribution in [0, 0.1) is 13.8 Å². The van der Waals surface area contributed by atoms with E-state index in [9.17, 15) is 4.79 Å². The lowest BCUT2D eigenvalue weighted by atomic mass is 9.91. The minimum atomic E-state index is 0.516. The normalized spacial score (nSPS) is 13.5. The molecule has 6 rings (SSSR count). The maximum atomic E-state index is 10.6. The SMILES string of the molecule is Cc1c2ccc(c1C)CCc1ccc(nc1CNC=O)CC2. The smallest absolute Gasteiger partial charge is 0.207 e. The molecule has 1 amide bonds. The Kier molecular flexibility index (Phi) is 4.23. The van der Waals surface area contributed by atoms with Crippen LogP contribution >= 0.6 is 0 Å². The summed E-state index contributed by atoms with van der Waals surface area (Å²) in [5.41, 5.74) is 9.03. The van der Waals surface area contributed by atoms with E-state index < -0.39 is 0 Å². The Morgan fingerprint density at radius 2 is 1.55 bits per heavy atom. The van der Waals surface area contributed by atoms with Crippen LogP contribution in [0.1, 0.15) is 39.2 Å². The van der Waals surface area contributed by atoms with Crippen molar-refractivity contribution in [2.24, 2.45) is 0 Å². The molecule has 22 heavy (non-hydrogen) atoms. The zero-order chi connectivity index (χ0) is 15.5. The summed E-state index contributed by atoms with van der Waals surface area (Å²) in [6.07, 6.45) is 4.67. The molecule has 0 atom stereocenters. The molecule has 2 aliphatic heterocycles. The molecule has 4 aliphatic rings. The van der Waals surface area contributed by atoms with Gasteiger partial charge in [-0.15, -0.1) is 0 Å². The first kappa shape index (κ1) is 14.8. The van der Waals surface area contributed by atoms with E-state index in [1.165, 1.54) is 27.8 Å². The van der Waals surface area contributed by atoms with Gasteiger partial charge in [0.15, 0.2) is 0 Å². The van der Waals surface area contributed by atoms with Crippen molar-refractivity contribution in [3.63, 3.8) is 0 Å². The topological polar surface area (TPSA) is 42.0 Å². The molecule has 1 aromatic carbocycles. The molecule has 1 N–H and O–H groups in total. The number of carbonyl (C=O) groups excluding carboxylic acids is 1. The van der Waals surface area contributed by atoms with Crippen LogP contribution in [0.25, 0.3) is 0 Å². The molecule has 0 saturated heterocycles. The molecule has 1 aromatic heterocycles. The number of benzene rings is 1. The second-order valence-electron chi connectivity index (χ2n) is 6.04. The van der Waals surface area contributed by atoms with Crippen molar-refractivity contribution in [1.82, 2.24) is 10.3 Å². The van der Waals surface area contributed by atoms with Gasteiger partial charge in [-0.25, -0.2) is 0 Å². The maximum Gasteiger partial charge on any atom is 0.207 e. The highest BCUT2D eigenvalue weighted by Gasteiger charge is 2.12. The molecule has 3 nitrogen and oxygen atoms in total. The highest BCUT2D eigenvalue weighted by atomic mass is 16.1. The third-order valence-corrected chi connectivity index (χ3v) is 4.80. The molecule has 114 valence electrons. The molecule has 0 radical (unpaired) electrons. The first-order chi connectivity index (χ1) is 10.7. The zero-order valence-electron chi connectivity index (χ0n) is 13.3. The number of aromatic nitrogens is 1. The molecule has 4 bridgehead atoms. The van der Waals surface area contributed by atoms with Gasteiger partial charge in [0.2, 0.25) is 6.41 Å². The first-order valence-corrected chi connectivity index (χ1v) is 7.91. The van der Waals surface area contributed by atoms with Crippen LogP contribution in [0.15, 0.2) is 24.3 Å². The van der Waals surface area contributed by atoms with E-state index in [-0.39, 0.29) is 0 Å². The zero-order valence-corrected chi connectivity index (χ0v) is 13.3. The quantitative estimate of drug-likeness (QED) is 0.885. The summed E-state index contributed by atoms with van der Waals surface area (Å²) >= 11 is 0. The van der Waals surface area contributed by atoms with Gasteiger partial charge in [-0.2, -0.15) is 0 Å². The van der Waals surface area contributed by atoms with Crippen LogP contribution in [0.4, 0.5) is 0 Å². The van der Waals surface area contributed by atoms with Crippen molar-refractivity contribution in [3.05, 3.63) is 63.5 Å². The minimum Gasteiger partial charge on any atom is -0.353 e. The number of rotatable bonds is 3. The standard InChI is InChI=1S/C19H22N2O/c1-13-14(2)16-4-3-15(13)5-6-17-8-10-18(9-7-16)21-19(17)11-20-12-22/h3-4,8,10,12H,5-7,9,11H2,1-2H3,(H,20,22). The Labute approximate surface area is 131 Å². The maximum absolute atomic E-state index is 10.6. The molecular weight excluding hydrogens is 272 g/mol. The van der Waals surface area contributed by atoms with Crippen LogP contribution in [0.5, 0.6) is 0 Å². The van der Waals surface area contributed by atoms with Crippen molar-refractivity contribution >= 4 is 6.41 Å². The summed E-state index contributed by atoms with van der Waals surface area (Å²) in [5, 5.41) is 2.75. The summed E-state index contributed by atoms with van der Waals surface area (Å²) in [6, 6.07) is 8.87. The minimum absolute atomic E-state index is 0.516. The highest BCUT2D eigenvalue weighted by Crippen LogP contribution is 2.23. The van der Waals surface area contributed by atoms with Gasteiger partial charge in [0.25, 0.3) is 0 Å². The molecule has 2 aromatic rings. The molecule has 0 fully saturated rings. The van der Waals surface area contributed by atoms with Crippen molar-refractivity contribution in [3.8, 4) is 0 Å². The second-order valence-corrected chi connectivity index (χ2v) is 6.04. The number of nitrogens with one attached hydrogen (secondary N) is 1. The Morgan fingerprint density at radius 1 is 0.955 bits per heavy atom. The first-order valence-electron chi connectivity index (χ1n) is 7.91. The van der Waals surface area contributed by atoms with Gasteiger partial charge in [0, 0.05) is 5.69 Å². The van der Waals surface area contributed by atoms with Crippen LogP contribution in [-0.2, 0) is 37.0 Å². The summed E-state index contributed by atoms with van der Waals surface area (Å²) in [7, 11) is 0. The van der Waals surface area contributed by atoms with Crippen molar-refractivity contribution in [1.29, 1.82) is 0 Å². The number of hydrogen-bond acceptors (Lipinski definition) is 2. The van der Waals surface area contributed by atoms with E-state index in [1.54, 1.807) is 0 Å². The Balaban J connectivity index is 1.99. The molecule has 2 aliphatic carbocycles. The van der Waals surface area contributed by atoms with Gasteiger partial charge >= 0.3 is 0 Å². The monoisotopic (exact) mass is 294 g/mol. The average Bonchev–Trinajstić information content (AvgIpc) is 2.52. The molecule has 0 saturated carbocycles. The predicted molar refractivity (Wildman–Crippen MR) is 87.9 cm³/mol. The van der Waals surface area contributed by atoms with E-state index in [1.807, 2.05) is 0 Å². The Bertz CT molecular complexity index is 707. The van der Waals surface area contributed by atoms with Gasteiger partial charge in [-0.1, -0.05) is 18.2 Å². The number of pyridine rings is 1. The number of hydrogen-bond donors (Lipinski definition) is 1. The lowest BCUT2D eigenvalue weighted by Crippen LogP contribution is -2.15. The molecular formula is C19H22N2O. The molecule has 0 unspecified atom stereocenters. The number of aryl methyl sites for hydroxylation is 4. The lowest BCUT2D eigenvalue weighted by Gasteiger charge is -2.17. The molecule has 3 heteroatoms. The fourth-order valence-electron chi connectivity index (χ4n) is 3.24. The Morgan fingerprint density at radius 3 is 2.23 bits per heavy atom. The van der Waals surface area contributed by atoms with Crippen molar-refractivity contribution < 1.29 is 4.79 Å². The van der Waals surface area contributed by atoms with E-state index >= 15 is 0 Å². The van der Waals surface area contributed by atoms with Gasteiger partial charge in [0.05, 0.1) is 12.2 Å². The van der Waals surface area contributed by atoms with Gasteiger partial charge in [-0.05, 0) is 73.4 Å². The van der Waals surface area contributed by atoms with Crippen molar-refractivity contribution in [2.45, 2.75) is 46.1 Å². The van der Waals surface area contributed by atoms with Crippen LogP contribution < -0.4 is 5.32 Å². The highest BCUT2D eigenvalue weighted by molar-refractivity contribution is 5.46. The largest absolute Gasteiger partial charge is 0.353 e. The van der Waals surface area contributed by atoms with Crippen molar-refractivity contribution in [2.75, 3.05) is 0 Å². The number of carbonyl (C=O) groups is 1. The van der Waals surface area contributed by atoms with E-state index in [0.29, 0.717) is 6.54 Å². The summed E-state index contributed by atoms with van der Waals surface area (Å²) in [4.78, 5) is 15.4.